The first kappa shape index (κ1) is 12.8. The molecule has 16 heavy (non-hydrogen) atoms. The van der Waals surface area contributed by atoms with Crippen LogP contribution in [0.5, 0.6) is 0 Å². The van der Waals surface area contributed by atoms with Gasteiger partial charge in [-0.25, -0.2) is 0 Å². The predicted molar refractivity (Wildman–Crippen MR) is 74.1 cm³/mol. The van der Waals surface area contributed by atoms with Gasteiger partial charge in [-0.3, -0.25) is 0 Å². The molecule has 1 aliphatic carbocycles. The summed E-state index contributed by atoms with van der Waals surface area (Å²) in [6.45, 7) is 7.30. The Kier molecular flexibility index (Phi) is 4.23. The van der Waals surface area contributed by atoms with Crippen LogP contribution in [-0.2, 0) is 0 Å². The van der Waals surface area contributed by atoms with Gasteiger partial charge in [-0.1, -0.05) is 20.8 Å². The van der Waals surface area contributed by atoms with Gasteiger partial charge < -0.3 is 5.32 Å². The summed E-state index contributed by atoms with van der Waals surface area (Å²) in [5.41, 5.74) is 0.554. The van der Waals surface area contributed by atoms with Gasteiger partial charge >= 0.3 is 0 Å². The highest BCUT2D eigenvalue weighted by Crippen LogP contribution is 2.38. The van der Waals surface area contributed by atoms with Crippen molar-refractivity contribution in [1.29, 1.82) is 0 Å². The van der Waals surface area contributed by atoms with Crippen molar-refractivity contribution in [1.82, 2.24) is 5.32 Å². The predicted octanol–water partition coefficient (Wildman–Crippen LogP) is 3.69. The van der Waals surface area contributed by atoms with Crippen molar-refractivity contribution in [3.63, 3.8) is 0 Å². The molecule has 94 valence electrons. The summed E-state index contributed by atoms with van der Waals surface area (Å²) in [6, 6.07) is 1.60. The molecule has 0 aromatic carbocycles. The molecule has 2 unspecified atom stereocenters. The van der Waals surface area contributed by atoms with Crippen molar-refractivity contribution in [3.8, 4) is 0 Å². The Balaban J connectivity index is 1.84. The second-order valence-electron chi connectivity index (χ2n) is 6.66. The Morgan fingerprint density at radius 1 is 1.06 bits per heavy atom. The molecule has 0 spiro atoms. The summed E-state index contributed by atoms with van der Waals surface area (Å²) in [4.78, 5) is 0. The van der Waals surface area contributed by atoms with Crippen LogP contribution in [-0.4, -0.2) is 23.6 Å². The van der Waals surface area contributed by atoms with Gasteiger partial charge in [-0.2, -0.15) is 11.8 Å². The van der Waals surface area contributed by atoms with E-state index in [9.17, 15) is 0 Å². The molecule has 1 nitrogen and oxygen atoms in total. The molecule has 0 aromatic rings. The van der Waals surface area contributed by atoms with Gasteiger partial charge in [0.05, 0.1) is 0 Å². The van der Waals surface area contributed by atoms with Crippen molar-refractivity contribution >= 4 is 11.8 Å². The van der Waals surface area contributed by atoms with E-state index in [1.54, 1.807) is 0 Å². The number of hydrogen-bond acceptors (Lipinski definition) is 2. The van der Waals surface area contributed by atoms with Gasteiger partial charge in [-0.15, -0.1) is 0 Å². The molecule has 1 N–H and O–H groups in total. The van der Waals surface area contributed by atoms with Crippen LogP contribution in [0.3, 0.4) is 0 Å². The zero-order chi connectivity index (χ0) is 11.6. The maximum atomic E-state index is 3.93. The van der Waals surface area contributed by atoms with Gasteiger partial charge in [0.15, 0.2) is 0 Å². The van der Waals surface area contributed by atoms with Gasteiger partial charge in [-0.05, 0) is 54.9 Å². The van der Waals surface area contributed by atoms with E-state index in [0.717, 1.165) is 18.0 Å². The van der Waals surface area contributed by atoms with E-state index in [1.165, 1.54) is 43.6 Å². The summed E-state index contributed by atoms with van der Waals surface area (Å²) >= 11 is 2.12. The lowest BCUT2D eigenvalue weighted by Crippen LogP contribution is -2.46. The molecular weight excluding hydrogens is 214 g/mol. The molecule has 2 heteroatoms. The number of rotatable bonds is 2. The molecule has 0 bridgehead atoms. The normalized spacial score (nSPS) is 36.2. The monoisotopic (exact) mass is 241 g/mol. The highest BCUT2D eigenvalue weighted by Gasteiger charge is 2.32. The van der Waals surface area contributed by atoms with Crippen LogP contribution in [0.1, 0.15) is 52.9 Å². The molecule has 2 rings (SSSR count). The van der Waals surface area contributed by atoms with E-state index in [-0.39, 0.29) is 0 Å². The van der Waals surface area contributed by atoms with Crippen LogP contribution in [0, 0.1) is 11.3 Å². The molecule has 1 aliphatic heterocycles. The minimum absolute atomic E-state index is 0.554. The summed E-state index contributed by atoms with van der Waals surface area (Å²) in [5.74, 6) is 3.63. The minimum Gasteiger partial charge on any atom is -0.311 e. The lowest BCUT2D eigenvalue weighted by atomic mass is 9.70. The molecular formula is C14H27NS. The number of nitrogens with one attached hydrogen (secondary N) is 1. The van der Waals surface area contributed by atoms with E-state index in [0.29, 0.717) is 5.41 Å². The molecule has 0 amide bonds. The Hall–Kier alpha value is 0.310. The Bertz CT molecular complexity index is 221. The number of thioether (sulfide) groups is 1. The van der Waals surface area contributed by atoms with E-state index in [4.69, 9.17) is 0 Å². The van der Waals surface area contributed by atoms with Gasteiger partial charge in [0.1, 0.15) is 0 Å². The van der Waals surface area contributed by atoms with E-state index < -0.39 is 0 Å². The highest BCUT2D eigenvalue weighted by molar-refractivity contribution is 7.99. The van der Waals surface area contributed by atoms with Crippen molar-refractivity contribution in [2.75, 3.05) is 11.5 Å². The summed E-state index contributed by atoms with van der Waals surface area (Å²) in [5, 5.41) is 3.93. The largest absolute Gasteiger partial charge is 0.311 e. The van der Waals surface area contributed by atoms with Crippen molar-refractivity contribution in [3.05, 3.63) is 0 Å². The molecule has 2 atom stereocenters. The molecule has 1 heterocycles. The molecule has 0 radical (unpaired) electrons. The zero-order valence-corrected chi connectivity index (χ0v) is 11.9. The molecule has 1 saturated heterocycles. The Morgan fingerprint density at radius 2 is 1.75 bits per heavy atom. The third kappa shape index (κ3) is 3.66. The zero-order valence-electron chi connectivity index (χ0n) is 11.1. The molecule has 1 saturated carbocycles. The first-order valence-electron chi connectivity index (χ1n) is 6.89. The fourth-order valence-electron chi connectivity index (χ4n) is 3.67. The van der Waals surface area contributed by atoms with Crippen LogP contribution in [0.15, 0.2) is 0 Å². The molecule has 2 fully saturated rings. The van der Waals surface area contributed by atoms with Crippen molar-refractivity contribution in [2.45, 2.75) is 65.0 Å². The fraction of sp³-hybridized carbons (Fsp3) is 1.00. The standard InChI is InChI=1S/C14H27NS/c1-11-8-13(10-14(2,3)9-11)15-12-4-6-16-7-5-12/h11-13,15H,4-10H2,1-3H3. The Morgan fingerprint density at radius 3 is 2.38 bits per heavy atom. The van der Waals surface area contributed by atoms with E-state index >= 15 is 0 Å². The molecule has 2 aliphatic rings. The van der Waals surface area contributed by atoms with E-state index in [1.807, 2.05) is 0 Å². The summed E-state index contributed by atoms with van der Waals surface area (Å²) in [6.07, 6.45) is 6.95. The fourth-order valence-corrected chi connectivity index (χ4v) is 4.78. The first-order valence-corrected chi connectivity index (χ1v) is 8.04. The minimum atomic E-state index is 0.554. The van der Waals surface area contributed by atoms with Crippen LogP contribution in [0.2, 0.25) is 0 Å². The van der Waals surface area contributed by atoms with Gasteiger partial charge in [0, 0.05) is 12.1 Å². The van der Waals surface area contributed by atoms with Crippen LogP contribution in [0.25, 0.3) is 0 Å². The number of hydrogen-bond donors (Lipinski definition) is 1. The van der Waals surface area contributed by atoms with Crippen LogP contribution < -0.4 is 5.32 Å². The van der Waals surface area contributed by atoms with Crippen LogP contribution in [0.4, 0.5) is 0 Å². The quantitative estimate of drug-likeness (QED) is 0.791. The SMILES string of the molecule is CC1CC(NC2CCSCC2)CC(C)(C)C1. The van der Waals surface area contributed by atoms with Crippen molar-refractivity contribution < 1.29 is 0 Å². The molecule has 0 aromatic heterocycles. The average Bonchev–Trinajstić information content (AvgIpc) is 2.15. The lowest BCUT2D eigenvalue weighted by Gasteiger charge is -2.41. The Labute approximate surface area is 105 Å². The van der Waals surface area contributed by atoms with E-state index in [2.05, 4.69) is 37.8 Å². The second kappa shape index (κ2) is 5.30. The average molecular weight is 241 g/mol. The lowest BCUT2D eigenvalue weighted by molar-refractivity contribution is 0.143. The summed E-state index contributed by atoms with van der Waals surface area (Å²) in [7, 11) is 0. The first-order chi connectivity index (χ1) is 7.55. The van der Waals surface area contributed by atoms with Crippen LogP contribution >= 0.6 is 11.8 Å². The third-order valence-corrected chi connectivity index (χ3v) is 5.13. The summed E-state index contributed by atoms with van der Waals surface area (Å²) < 4.78 is 0. The van der Waals surface area contributed by atoms with Crippen molar-refractivity contribution in [2.24, 2.45) is 11.3 Å². The maximum Gasteiger partial charge on any atom is 0.00853 e. The van der Waals surface area contributed by atoms with Gasteiger partial charge in [0.25, 0.3) is 0 Å². The van der Waals surface area contributed by atoms with Gasteiger partial charge in [0.2, 0.25) is 0 Å². The second-order valence-corrected chi connectivity index (χ2v) is 7.89. The smallest absolute Gasteiger partial charge is 0.00853 e. The maximum absolute atomic E-state index is 3.93. The topological polar surface area (TPSA) is 12.0 Å². The highest BCUT2D eigenvalue weighted by atomic mass is 32.2. The third-order valence-electron chi connectivity index (χ3n) is 4.08.